The van der Waals surface area contributed by atoms with Crippen LogP contribution in [-0.2, 0) is 0 Å². The molecule has 0 saturated heterocycles. The van der Waals surface area contributed by atoms with Gasteiger partial charge in [0.15, 0.2) is 10.2 Å². The minimum absolute atomic E-state index is 0. The summed E-state index contributed by atoms with van der Waals surface area (Å²) in [4.78, 5) is 0. The molecule has 4 aromatic carbocycles. The first-order chi connectivity index (χ1) is 24.2. The summed E-state index contributed by atoms with van der Waals surface area (Å²) < 4.78 is 0. The van der Waals surface area contributed by atoms with Crippen LogP contribution in [0.25, 0.3) is 0 Å². The molecule has 6 N–H and O–H groups in total. The zero-order chi connectivity index (χ0) is 34.2. The zero-order valence-corrected chi connectivity index (χ0v) is 31.6. The molecular formula is C41H55ClN6S2. The van der Waals surface area contributed by atoms with Crippen molar-refractivity contribution in [1.29, 1.82) is 0 Å². The Labute approximate surface area is 317 Å². The minimum atomic E-state index is 0. The second-order valence-corrected chi connectivity index (χ2v) is 13.1. The molecule has 0 spiro atoms. The van der Waals surface area contributed by atoms with Crippen LogP contribution in [0.15, 0.2) is 121 Å². The maximum Gasteiger partial charge on any atom is 0.166 e. The topological polar surface area (TPSA) is 72.2 Å². The van der Waals surface area contributed by atoms with Crippen LogP contribution in [0.3, 0.4) is 0 Å². The van der Waals surface area contributed by atoms with Gasteiger partial charge in [0, 0.05) is 38.0 Å². The molecule has 4 aromatic rings. The highest BCUT2D eigenvalue weighted by Crippen LogP contribution is 2.24. The Morgan fingerprint density at radius 3 is 1.00 bits per heavy atom. The number of benzene rings is 4. The lowest BCUT2D eigenvalue weighted by molar-refractivity contribution is 0.557. The van der Waals surface area contributed by atoms with E-state index in [4.69, 9.17) is 24.4 Å². The summed E-state index contributed by atoms with van der Waals surface area (Å²) in [6.45, 7) is 7.36. The Morgan fingerprint density at radius 2 is 0.680 bits per heavy atom. The van der Waals surface area contributed by atoms with Crippen molar-refractivity contribution >= 4 is 47.1 Å². The molecule has 9 heteroatoms. The van der Waals surface area contributed by atoms with Crippen molar-refractivity contribution < 1.29 is 0 Å². The molecule has 0 amide bonds. The van der Waals surface area contributed by atoms with Gasteiger partial charge >= 0.3 is 0 Å². The molecule has 0 aliphatic heterocycles. The third-order valence-electron chi connectivity index (χ3n) is 8.58. The normalized spacial score (nSPS) is 10.8. The molecule has 0 radical (unpaired) electrons. The Balaban J connectivity index is 0.00000676. The van der Waals surface area contributed by atoms with E-state index in [2.05, 4.69) is 153 Å². The predicted octanol–water partition coefficient (Wildman–Crippen LogP) is 7.13. The van der Waals surface area contributed by atoms with E-state index in [0.717, 1.165) is 75.4 Å². The summed E-state index contributed by atoms with van der Waals surface area (Å²) in [5.41, 5.74) is 5.16. The fourth-order valence-electron chi connectivity index (χ4n) is 5.87. The number of rotatable bonds is 22. The van der Waals surface area contributed by atoms with Gasteiger partial charge in [-0.25, -0.2) is 0 Å². The van der Waals surface area contributed by atoms with Crippen molar-refractivity contribution in [2.75, 3.05) is 52.4 Å². The summed E-state index contributed by atoms with van der Waals surface area (Å²) >= 11 is 11.1. The summed E-state index contributed by atoms with van der Waals surface area (Å²) in [5, 5.41) is 22.2. The molecule has 0 atom stereocenters. The van der Waals surface area contributed by atoms with Gasteiger partial charge in [-0.15, -0.1) is 12.4 Å². The third kappa shape index (κ3) is 16.0. The molecule has 0 aromatic heterocycles. The van der Waals surface area contributed by atoms with Crippen molar-refractivity contribution in [1.82, 2.24) is 31.9 Å². The van der Waals surface area contributed by atoms with Crippen LogP contribution in [-0.4, -0.2) is 62.6 Å². The molecule has 0 heterocycles. The van der Waals surface area contributed by atoms with Gasteiger partial charge in [0.1, 0.15) is 0 Å². The summed E-state index contributed by atoms with van der Waals surface area (Å²) in [6.07, 6.45) is 5.70. The van der Waals surface area contributed by atoms with Crippen LogP contribution in [0.2, 0.25) is 0 Å². The van der Waals surface area contributed by atoms with Crippen LogP contribution in [0.1, 0.15) is 66.2 Å². The Hall–Kier alpha value is -3.53. The van der Waals surface area contributed by atoms with E-state index < -0.39 is 0 Å². The fourth-order valence-corrected chi connectivity index (χ4v) is 6.24. The van der Waals surface area contributed by atoms with Gasteiger partial charge in [0.05, 0.1) is 0 Å². The molecule has 4 rings (SSSR count). The van der Waals surface area contributed by atoms with E-state index in [1.54, 1.807) is 0 Å². The minimum Gasteiger partial charge on any atom is -0.363 e. The molecule has 6 nitrogen and oxygen atoms in total. The number of thiocarbonyl (C=S) groups is 2. The Morgan fingerprint density at radius 1 is 0.380 bits per heavy atom. The number of hydrogen-bond acceptors (Lipinski definition) is 4. The van der Waals surface area contributed by atoms with Crippen molar-refractivity contribution in [3.8, 4) is 0 Å². The number of nitrogens with one attached hydrogen (secondary N) is 6. The van der Waals surface area contributed by atoms with Crippen LogP contribution in [0.4, 0.5) is 0 Å². The maximum absolute atomic E-state index is 5.57. The van der Waals surface area contributed by atoms with Gasteiger partial charge < -0.3 is 31.9 Å². The van der Waals surface area contributed by atoms with Gasteiger partial charge in [-0.2, -0.15) is 0 Å². The van der Waals surface area contributed by atoms with Crippen LogP contribution in [0.5, 0.6) is 0 Å². The molecule has 268 valence electrons. The van der Waals surface area contributed by atoms with Crippen LogP contribution < -0.4 is 31.9 Å². The maximum atomic E-state index is 5.57. The predicted molar refractivity (Wildman–Crippen MR) is 223 cm³/mol. The first-order valence-electron chi connectivity index (χ1n) is 17.9. The van der Waals surface area contributed by atoms with Gasteiger partial charge in [-0.1, -0.05) is 128 Å². The van der Waals surface area contributed by atoms with Gasteiger partial charge in [-0.3, -0.25) is 0 Å². The number of hydrogen-bond donors (Lipinski definition) is 6. The highest BCUT2D eigenvalue weighted by Gasteiger charge is 2.15. The lowest BCUT2D eigenvalue weighted by Crippen LogP contribution is -2.38. The van der Waals surface area contributed by atoms with E-state index in [1.165, 1.54) is 41.5 Å². The Kier molecular flexibility index (Phi) is 20.8. The zero-order valence-electron chi connectivity index (χ0n) is 29.1. The average Bonchev–Trinajstić information content (AvgIpc) is 3.15. The summed E-state index contributed by atoms with van der Waals surface area (Å²) in [6, 6.07) is 42.5. The number of unbranched alkanes of at least 4 members (excludes halogenated alkanes) is 2. The lowest BCUT2D eigenvalue weighted by Gasteiger charge is -2.20. The van der Waals surface area contributed by atoms with Crippen molar-refractivity contribution in [2.24, 2.45) is 0 Å². The molecule has 0 unspecified atom stereocenters. The van der Waals surface area contributed by atoms with Crippen LogP contribution >= 0.6 is 36.8 Å². The van der Waals surface area contributed by atoms with E-state index in [1.807, 2.05) is 0 Å². The highest BCUT2D eigenvalue weighted by molar-refractivity contribution is 7.80. The van der Waals surface area contributed by atoms with Crippen molar-refractivity contribution in [3.05, 3.63) is 144 Å². The monoisotopic (exact) mass is 730 g/mol. The first kappa shape index (κ1) is 40.9. The summed E-state index contributed by atoms with van der Waals surface area (Å²) in [5.74, 6) is 0.513. The quantitative estimate of drug-likeness (QED) is 0.0377. The van der Waals surface area contributed by atoms with Gasteiger partial charge in [0.2, 0.25) is 0 Å². The second kappa shape index (κ2) is 25.4. The molecule has 0 aliphatic rings. The smallest absolute Gasteiger partial charge is 0.166 e. The molecule has 0 bridgehead atoms. The highest BCUT2D eigenvalue weighted by atomic mass is 35.5. The van der Waals surface area contributed by atoms with Crippen molar-refractivity contribution in [2.45, 2.75) is 43.9 Å². The van der Waals surface area contributed by atoms with Gasteiger partial charge in [-0.05, 0) is 98.6 Å². The number of halogens is 1. The molecule has 0 fully saturated rings. The molecule has 0 aliphatic carbocycles. The molecule has 50 heavy (non-hydrogen) atoms. The van der Waals surface area contributed by atoms with Gasteiger partial charge in [0.25, 0.3) is 0 Å². The summed E-state index contributed by atoms with van der Waals surface area (Å²) in [7, 11) is 0. The Bertz CT molecular complexity index is 1260. The van der Waals surface area contributed by atoms with Crippen LogP contribution in [0, 0.1) is 0 Å². The van der Waals surface area contributed by atoms with E-state index in [9.17, 15) is 0 Å². The molecule has 0 saturated carbocycles. The lowest BCUT2D eigenvalue weighted by atomic mass is 9.91. The standard InChI is InChI=1S/C41H54N6S2.ClH/c48-40(46-32-38(34-18-6-1-7-19-34)35-20-8-2-9-21-35)44-30-16-28-42-26-14-5-15-27-43-29-17-31-45-41(49)47-33-39(36-22-10-3-11-23-36)37-24-12-4-13-25-37;/h1-4,6-13,18-25,38-39,42-43H,5,14-17,26-33H2,(H2,44,46,48)(H2,45,47,49);1H. The van der Waals surface area contributed by atoms with Crippen molar-refractivity contribution in [3.63, 3.8) is 0 Å². The fraction of sp³-hybridized carbons (Fsp3) is 0.366. The third-order valence-corrected chi connectivity index (χ3v) is 9.16. The SMILES string of the molecule is Cl.S=C(NCCCNCCCCCNCCCNC(=S)NCC(c1ccccc1)c1ccccc1)NCC(c1ccccc1)c1ccccc1. The largest absolute Gasteiger partial charge is 0.363 e. The molecular weight excluding hydrogens is 676 g/mol. The first-order valence-corrected chi connectivity index (χ1v) is 18.7. The van der Waals surface area contributed by atoms with E-state index in [0.29, 0.717) is 0 Å². The van der Waals surface area contributed by atoms with E-state index in [-0.39, 0.29) is 24.2 Å². The second-order valence-electron chi connectivity index (χ2n) is 12.3. The average molecular weight is 732 g/mol. The van der Waals surface area contributed by atoms with E-state index >= 15 is 0 Å².